The van der Waals surface area contributed by atoms with Gasteiger partial charge in [0.05, 0.1) is 0 Å². The van der Waals surface area contributed by atoms with Gasteiger partial charge in [-0.1, -0.05) is 20.4 Å². The summed E-state index contributed by atoms with van der Waals surface area (Å²) in [7, 11) is 0. The summed E-state index contributed by atoms with van der Waals surface area (Å²) in [6.07, 6.45) is 0. The van der Waals surface area contributed by atoms with Crippen molar-refractivity contribution >= 4 is 32.5 Å². The first kappa shape index (κ1) is 12.2. The van der Waals surface area contributed by atoms with Crippen molar-refractivity contribution in [3.63, 3.8) is 0 Å². The molecule has 0 aliphatic carbocycles. The summed E-state index contributed by atoms with van der Waals surface area (Å²) in [6.45, 7) is -0.0604. The van der Waals surface area contributed by atoms with Crippen molar-refractivity contribution in [1.82, 2.24) is 9.59 Å². The Bertz CT molecular complexity index is 549. The lowest BCUT2D eigenvalue weighted by Crippen LogP contribution is -2.01. The number of rotatable bonds is 3. The van der Waals surface area contributed by atoms with Crippen LogP contribution in [0.4, 0.5) is 13.8 Å². The van der Waals surface area contributed by atoms with E-state index in [0.717, 1.165) is 17.6 Å². The van der Waals surface area contributed by atoms with Crippen LogP contribution in [0.5, 0.6) is 5.75 Å². The van der Waals surface area contributed by atoms with Gasteiger partial charge >= 0.3 is 0 Å². The molecule has 1 aromatic heterocycles. The lowest BCUT2D eigenvalue weighted by atomic mass is 10.3. The number of nitrogens with two attached hydrogens (primary N) is 1. The molecule has 0 aliphatic rings. The van der Waals surface area contributed by atoms with E-state index in [-0.39, 0.29) is 12.4 Å². The number of hydrogen-bond donors (Lipinski definition) is 1. The first-order valence-electron chi connectivity index (χ1n) is 4.42. The third-order valence-electron chi connectivity index (χ3n) is 1.91. The maximum atomic E-state index is 13.3. The van der Waals surface area contributed by atoms with Crippen molar-refractivity contribution in [2.75, 3.05) is 5.73 Å². The van der Waals surface area contributed by atoms with Crippen LogP contribution in [-0.4, -0.2) is 9.59 Å². The van der Waals surface area contributed by atoms with Gasteiger partial charge in [-0.3, -0.25) is 0 Å². The highest BCUT2D eigenvalue weighted by molar-refractivity contribution is 9.10. The first-order valence-corrected chi connectivity index (χ1v) is 5.98. The van der Waals surface area contributed by atoms with Gasteiger partial charge in [0.25, 0.3) is 0 Å². The molecule has 0 aliphatic heterocycles. The molecule has 1 heterocycles. The molecule has 0 bridgehead atoms. The smallest absolute Gasteiger partial charge is 0.200 e. The third-order valence-corrected chi connectivity index (χ3v) is 2.96. The highest BCUT2D eigenvalue weighted by atomic mass is 79.9. The van der Waals surface area contributed by atoms with Gasteiger partial charge in [-0.2, -0.15) is 4.39 Å². The fourth-order valence-corrected chi connectivity index (χ4v) is 1.94. The Kier molecular flexibility index (Phi) is 3.53. The first-order chi connectivity index (χ1) is 8.08. The van der Waals surface area contributed by atoms with E-state index in [0.29, 0.717) is 15.2 Å². The summed E-state index contributed by atoms with van der Waals surface area (Å²) in [6, 6.07) is 2.34. The summed E-state index contributed by atoms with van der Waals surface area (Å²) < 4.78 is 35.5. The van der Waals surface area contributed by atoms with E-state index >= 15 is 0 Å². The minimum absolute atomic E-state index is 0.0604. The number of nitrogen functional groups attached to an aromatic ring is 1. The number of nitrogens with zero attached hydrogens (tertiary/aromatic N) is 2. The van der Waals surface area contributed by atoms with Crippen molar-refractivity contribution in [2.45, 2.75) is 6.61 Å². The number of halogens is 3. The zero-order valence-electron chi connectivity index (χ0n) is 8.28. The van der Waals surface area contributed by atoms with Gasteiger partial charge in [0.15, 0.2) is 11.6 Å². The summed E-state index contributed by atoms with van der Waals surface area (Å²) in [5.41, 5.74) is 5.94. The molecule has 8 heteroatoms. The normalized spacial score (nSPS) is 10.5. The maximum absolute atomic E-state index is 13.3. The van der Waals surface area contributed by atoms with Crippen LogP contribution in [0.15, 0.2) is 16.6 Å². The minimum atomic E-state index is -1.05. The van der Waals surface area contributed by atoms with Crippen molar-refractivity contribution in [3.8, 4) is 5.75 Å². The molecule has 0 unspecified atom stereocenters. The lowest BCUT2D eigenvalue weighted by molar-refractivity contribution is 0.280. The maximum Gasteiger partial charge on any atom is 0.200 e. The minimum Gasteiger partial charge on any atom is -0.484 e. The molecule has 0 saturated heterocycles. The highest BCUT2D eigenvalue weighted by Gasteiger charge is 2.13. The molecule has 2 N–H and O–H groups in total. The fraction of sp³-hybridized carbons (Fsp3) is 0.111. The van der Waals surface area contributed by atoms with E-state index in [1.54, 1.807) is 0 Å². The van der Waals surface area contributed by atoms with E-state index in [2.05, 4.69) is 25.5 Å². The van der Waals surface area contributed by atoms with Crippen molar-refractivity contribution in [3.05, 3.63) is 33.9 Å². The van der Waals surface area contributed by atoms with Crippen LogP contribution in [0, 0.1) is 11.6 Å². The van der Waals surface area contributed by atoms with Gasteiger partial charge in [-0.05, 0) is 12.1 Å². The molecule has 90 valence electrons. The zero-order chi connectivity index (χ0) is 12.4. The molecule has 4 nitrogen and oxygen atoms in total. The van der Waals surface area contributed by atoms with E-state index < -0.39 is 11.6 Å². The Hall–Kier alpha value is -1.28. The van der Waals surface area contributed by atoms with Crippen LogP contribution in [0.1, 0.15) is 5.69 Å². The molecular weight excluding hydrogens is 316 g/mol. The molecule has 0 saturated carbocycles. The van der Waals surface area contributed by atoms with E-state index in [1.807, 2.05) is 0 Å². The van der Waals surface area contributed by atoms with Gasteiger partial charge in [-0.25, -0.2) is 4.39 Å². The number of ether oxygens (including phenoxy) is 1. The van der Waals surface area contributed by atoms with Crippen LogP contribution in [0.25, 0.3) is 0 Å². The Morgan fingerprint density at radius 3 is 2.82 bits per heavy atom. The second kappa shape index (κ2) is 4.92. The van der Waals surface area contributed by atoms with Gasteiger partial charge in [-0.15, -0.1) is 5.10 Å². The third kappa shape index (κ3) is 2.70. The molecule has 0 amide bonds. The number of aromatic nitrogens is 2. The summed E-state index contributed by atoms with van der Waals surface area (Å²) in [4.78, 5) is 0. The summed E-state index contributed by atoms with van der Waals surface area (Å²) in [5, 5.41) is 4.09. The molecule has 2 rings (SSSR count). The van der Waals surface area contributed by atoms with Gasteiger partial charge in [0.2, 0.25) is 5.82 Å². The largest absolute Gasteiger partial charge is 0.484 e. The Balaban J connectivity index is 2.17. The highest BCUT2D eigenvalue weighted by Crippen LogP contribution is 2.26. The second-order valence-corrected chi connectivity index (χ2v) is 4.77. The second-order valence-electron chi connectivity index (χ2n) is 3.07. The van der Waals surface area contributed by atoms with Gasteiger partial charge < -0.3 is 10.5 Å². The van der Waals surface area contributed by atoms with Crippen molar-refractivity contribution in [1.29, 1.82) is 0 Å². The molecular formula is C9H6BrF2N3OS. The zero-order valence-corrected chi connectivity index (χ0v) is 10.7. The molecule has 17 heavy (non-hydrogen) atoms. The molecule has 0 spiro atoms. The Morgan fingerprint density at radius 2 is 2.18 bits per heavy atom. The standard InChI is InChI=1S/C9H6BrF2N3OS/c10-4-1-5(11)8(12)7(2-4)16-3-6-9(13)17-15-14-6/h1-2H,3,13H2. The molecule has 1 aromatic carbocycles. The summed E-state index contributed by atoms with van der Waals surface area (Å²) in [5.74, 6) is -2.24. The number of benzene rings is 1. The average Bonchev–Trinajstić information content (AvgIpc) is 2.67. The Labute approximate surface area is 108 Å². The topological polar surface area (TPSA) is 61.0 Å². The molecule has 0 fully saturated rings. The van der Waals surface area contributed by atoms with Crippen molar-refractivity contribution in [2.24, 2.45) is 0 Å². The van der Waals surface area contributed by atoms with E-state index in [1.165, 1.54) is 6.07 Å². The van der Waals surface area contributed by atoms with Gasteiger partial charge in [0, 0.05) is 16.0 Å². The number of hydrogen-bond acceptors (Lipinski definition) is 5. The summed E-state index contributed by atoms with van der Waals surface area (Å²) >= 11 is 4.05. The molecule has 0 radical (unpaired) electrons. The van der Waals surface area contributed by atoms with Crippen molar-refractivity contribution < 1.29 is 13.5 Å². The Morgan fingerprint density at radius 1 is 1.41 bits per heavy atom. The van der Waals surface area contributed by atoms with Crippen LogP contribution < -0.4 is 10.5 Å². The van der Waals surface area contributed by atoms with Crippen LogP contribution in [0.3, 0.4) is 0 Å². The number of anilines is 1. The predicted octanol–water partition coefficient (Wildman–Crippen LogP) is 2.74. The monoisotopic (exact) mass is 321 g/mol. The van der Waals surface area contributed by atoms with E-state index in [4.69, 9.17) is 10.5 Å². The predicted molar refractivity (Wildman–Crippen MR) is 62.7 cm³/mol. The fourth-order valence-electron chi connectivity index (χ4n) is 1.10. The van der Waals surface area contributed by atoms with Crippen LogP contribution >= 0.6 is 27.5 Å². The van der Waals surface area contributed by atoms with Gasteiger partial charge in [0.1, 0.15) is 17.3 Å². The molecule has 2 aromatic rings. The quantitative estimate of drug-likeness (QED) is 0.883. The lowest BCUT2D eigenvalue weighted by Gasteiger charge is -2.06. The van der Waals surface area contributed by atoms with E-state index in [9.17, 15) is 8.78 Å². The molecule has 0 atom stereocenters. The van der Waals surface area contributed by atoms with Crippen LogP contribution in [0.2, 0.25) is 0 Å². The SMILES string of the molecule is Nc1snnc1COc1cc(Br)cc(F)c1F. The average molecular weight is 322 g/mol. The van der Waals surface area contributed by atoms with Crippen LogP contribution in [-0.2, 0) is 6.61 Å².